The molecule has 0 spiro atoms. The Morgan fingerprint density at radius 2 is 1.70 bits per heavy atom. The smallest absolute Gasteiger partial charge is 0.305 e. The number of carbonyl (C=O) groups excluding carboxylic acids is 1. The minimum Gasteiger partial charge on any atom is -0.469 e. The molecule has 0 aliphatic carbocycles. The van der Waals surface area contributed by atoms with E-state index < -0.39 is 0 Å². The lowest BCUT2D eigenvalue weighted by Gasteiger charge is -2.16. The molecule has 5 N–H and O–H groups in total. The predicted octanol–water partition coefficient (Wildman–Crippen LogP) is 7.00. The Hall–Kier alpha value is -3.79. The molecule has 0 radical (unpaired) electrons. The normalized spacial score (nSPS) is 16.5. The first-order valence-electron chi connectivity index (χ1n) is 16.3. The lowest BCUT2D eigenvalue weighted by molar-refractivity contribution is -0.140. The van der Waals surface area contributed by atoms with Gasteiger partial charge in [0.2, 0.25) is 0 Å². The second-order valence-corrected chi connectivity index (χ2v) is 12.2. The van der Waals surface area contributed by atoms with Crippen LogP contribution in [0, 0.1) is 20.8 Å². The lowest BCUT2D eigenvalue weighted by atomic mass is 9.86. The fraction of sp³-hybridized carbons (Fsp3) is 0.486. The molecule has 0 aromatic carbocycles. The van der Waals surface area contributed by atoms with E-state index in [4.69, 9.17) is 29.7 Å². The third kappa shape index (κ3) is 6.97. The number of H-pyrrole nitrogens is 2. The van der Waals surface area contributed by atoms with Gasteiger partial charge in [-0.15, -0.1) is 0 Å². The molecule has 2 unspecified atom stereocenters. The van der Waals surface area contributed by atoms with Crippen molar-refractivity contribution >= 4 is 39.7 Å². The fourth-order valence-electron chi connectivity index (χ4n) is 6.74. The zero-order valence-corrected chi connectivity index (χ0v) is 28.9. The first-order valence-corrected chi connectivity index (χ1v) is 16.3. The molecular formula is C37H51N4O5+. The number of nitrogens with one attached hydrogen (secondary N) is 2. The molecule has 5 heterocycles. The number of aromatic amines is 2. The van der Waals surface area contributed by atoms with Crippen molar-refractivity contribution < 1.29 is 24.5 Å². The van der Waals surface area contributed by atoms with Gasteiger partial charge in [0.15, 0.2) is 0 Å². The number of fused-ring (bicyclic) bond motifs is 8. The summed E-state index contributed by atoms with van der Waals surface area (Å²) in [6.45, 7) is 15.9. The summed E-state index contributed by atoms with van der Waals surface area (Å²) >= 11 is 0. The summed E-state index contributed by atoms with van der Waals surface area (Å²) in [5.74, 6) is -0.0411. The predicted molar refractivity (Wildman–Crippen MR) is 186 cm³/mol. The fourth-order valence-corrected chi connectivity index (χ4v) is 6.74. The number of carbonyl (C=O) groups is 1. The number of aryl methyl sites for hydroxylation is 3. The molecule has 5 rings (SSSR count). The standard InChI is InChI=1S/C36H46N4O4.CH4O/c1-9-25-20(3)29-18-33-35(24(7)44-14-10-13-41)22(5)31(39-33)17-30-21(4)26(11-12-34(42)43-8)36(40-30)23(6)28-15-19(2)27(37-28)16-32(25)38-29;1-2/h15-18,21,24,26,38-39,41H,9-14H2,1-8H3;2H,1H3/p+1/t21?,24?,26-;/m0./s1. The number of hydrogen-bond acceptors (Lipinski definition) is 6. The number of esters is 1. The highest BCUT2D eigenvalue weighted by Gasteiger charge is 2.31. The van der Waals surface area contributed by atoms with Crippen LogP contribution in [-0.2, 0) is 20.7 Å². The largest absolute Gasteiger partial charge is 0.469 e. The van der Waals surface area contributed by atoms with Gasteiger partial charge in [0.1, 0.15) is 6.61 Å². The topological polar surface area (TPSA) is 136 Å². The summed E-state index contributed by atoms with van der Waals surface area (Å²) < 4.78 is 11.2. The van der Waals surface area contributed by atoms with Gasteiger partial charge in [-0.05, 0) is 99.6 Å². The van der Waals surface area contributed by atoms with Crippen molar-refractivity contribution in [2.75, 3.05) is 27.4 Å². The van der Waals surface area contributed by atoms with E-state index in [2.05, 4.69) is 82.7 Å². The molecule has 3 atom stereocenters. The number of ether oxygens (including phenoxy) is 2. The number of allylic oxidation sites excluding steroid dienone is 1. The number of aromatic nitrogens is 4. The Morgan fingerprint density at radius 3 is 2.37 bits per heavy atom. The molecule has 3 aromatic heterocycles. The monoisotopic (exact) mass is 631 g/mol. The Bertz CT molecular complexity index is 1770. The van der Waals surface area contributed by atoms with Gasteiger partial charge < -0.3 is 29.7 Å². The zero-order chi connectivity index (χ0) is 33.7. The van der Waals surface area contributed by atoms with Crippen molar-refractivity contribution in [2.24, 2.45) is 0 Å². The second-order valence-electron chi connectivity index (χ2n) is 12.2. The molecule has 0 fully saturated rings. The van der Waals surface area contributed by atoms with Crippen LogP contribution in [0.2, 0.25) is 0 Å². The van der Waals surface area contributed by atoms with Crippen molar-refractivity contribution in [3.8, 4) is 0 Å². The third-order valence-electron chi connectivity index (χ3n) is 9.45. The maximum atomic E-state index is 12.2. The van der Waals surface area contributed by atoms with Crippen molar-refractivity contribution in [3.63, 3.8) is 0 Å². The Labute approximate surface area is 272 Å². The maximum Gasteiger partial charge on any atom is 0.305 e. The quantitative estimate of drug-likeness (QED) is 0.132. The van der Waals surface area contributed by atoms with E-state index in [1.165, 1.54) is 18.2 Å². The molecule has 0 saturated heterocycles. The van der Waals surface area contributed by atoms with Crippen LogP contribution in [0.3, 0.4) is 0 Å². The molecule has 9 heteroatoms. The molecule has 0 amide bonds. The highest BCUT2D eigenvalue weighted by Crippen LogP contribution is 2.42. The number of hydrogen-bond donors (Lipinski definition) is 3. The zero-order valence-electron chi connectivity index (χ0n) is 28.9. The van der Waals surface area contributed by atoms with Crippen LogP contribution >= 0.6 is 0 Å². The molecule has 0 saturated carbocycles. The summed E-state index contributed by atoms with van der Waals surface area (Å²) in [6, 6.07) is 6.54. The van der Waals surface area contributed by atoms with E-state index in [0.29, 0.717) is 32.5 Å². The third-order valence-corrected chi connectivity index (χ3v) is 9.45. The lowest BCUT2D eigenvalue weighted by Crippen LogP contribution is -2.08. The number of aliphatic hydroxyl groups is 1. The van der Waals surface area contributed by atoms with Crippen molar-refractivity contribution in [2.45, 2.75) is 92.1 Å². The highest BCUT2D eigenvalue weighted by atomic mass is 16.5. The van der Waals surface area contributed by atoms with E-state index in [-0.39, 0.29) is 23.9 Å². The Morgan fingerprint density at radius 1 is 1.00 bits per heavy atom. The second kappa shape index (κ2) is 15.2. The molecule has 46 heavy (non-hydrogen) atoms. The van der Waals surface area contributed by atoms with Gasteiger partial charge in [0.25, 0.3) is 0 Å². The Balaban J connectivity index is 0.00000235. The summed E-state index contributed by atoms with van der Waals surface area (Å²) in [5.41, 5.74) is 14.9. The van der Waals surface area contributed by atoms with E-state index >= 15 is 0 Å². The molecule has 3 aromatic rings. The van der Waals surface area contributed by atoms with E-state index in [1.54, 1.807) is 0 Å². The molecule has 248 valence electrons. The van der Waals surface area contributed by atoms with Gasteiger partial charge in [-0.1, -0.05) is 13.8 Å². The Kier molecular flexibility index (Phi) is 11.6. The summed E-state index contributed by atoms with van der Waals surface area (Å²) in [4.78, 5) is 30.0. The van der Waals surface area contributed by atoms with Gasteiger partial charge in [0, 0.05) is 70.8 Å². The van der Waals surface area contributed by atoms with Gasteiger partial charge in [-0.25, -0.2) is 4.98 Å². The minimum absolute atomic E-state index is 0.0632. The van der Waals surface area contributed by atoms with Crippen LogP contribution in [-0.4, -0.2) is 63.6 Å². The number of methoxy groups -OCH3 is 1. The molecule has 2 aliphatic heterocycles. The van der Waals surface area contributed by atoms with Crippen LogP contribution in [0.1, 0.15) is 115 Å². The van der Waals surface area contributed by atoms with Crippen molar-refractivity contribution in [1.29, 1.82) is 0 Å². The highest BCUT2D eigenvalue weighted by molar-refractivity contribution is 5.85. The number of aliphatic hydroxyl groups excluding tert-OH is 1. The molecule has 8 bridgehead atoms. The SMILES string of the molecule is CCc1c(C)c2cc3[nH]c(cc4nc(c(C)c5nc(cc1[nH]2)C(C)=C5)[C@@H](CCC(=O)OC)C4C)c(C)c3C(C)OCCC[OH2+].CO. The van der Waals surface area contributed by atoms with Crippen molar-refractivity contribution in [1.82, 2.24) is 19.9 Å². The average molecular weight is 632 g/mol. The van der Waals surface area contributed by atoms with Gasteiger partial charge in [0.05, 0.1) is 31.2 Å². The van der Waals surface area contributed by atoms with Crippen LogP contribution in [0.5, 0.6) is 0 Å². The summed E-state index contributed by atoms with van der Waals surface area (Å²) in [5, 5.41) is 14.5. The molecule has 9 nitrogen and oxygen atoms in total. The molecular weight excluding hydrogens is 580 g/mol. The number of nitrogens with zero attached hydrogens (tertiary/aromatic N) is 2. The van der Waals surface area contributed by atoms with Gasteiger partial charge >= 0.3 is 5.97 Å². The first kappa shape index (κ1) is 35.1. The minimum atomic E-state index is -0.208. The van der Waals surface area contributed by atoms with Crippen LogP contribution in [0.4, 0.5) is 0 Å². The van der Waals surface area contributed by atoms with Crippen LogP contribution in [0.25, 0.3) is 33.7 Å². The van der Waals surface area contributed by atoms with Crippen molar-refractivity contribution in [3.05, 3.63) is 68.8 Å². The average Bonchev–Trinajstić information content (AvgIpc) is 3.75. The maximum absolute atomic E-state index is 12.2. The summed E-state index contributed by atoms with van der Waals surface area (Å²) in [7, 11) is 2.44. The first-order chi connectivity index (χ1) is 22.1. The van der Waals surface area contributed by atoms with Crippen LogP contribution in [0.15, 0.2) is 18.2 Å². The van der Waals surface area contributed by atoms with Gasteiger partial charge in [-0.2, -0.15) is 0 Å². The van der Waals surface area contributed by atoms with E-state index in [0.717, 1.165) is 80.6 Å². The number of rotatable bonds is 9. The van der Waals surface area contributed by atoms with Gasteiger partial charge in [-0.3, -0.25) is 9.78 Å². The van der Waals surface area contributed by atoms with E-state index in [9.17, 15) is 4.79 Å². The summed E-state index contributed by atoms with van der Waals surface area (Å²) in [6.07, 6.45) is 4.59. The van der Waals surface area contributed by atoms with E-state index in [1.807, 2.05) is 0 Å². The molecule has 2 aliphatic rings. The van der Waals surface area contributed by atoms with Crippen LogP contribution < -0.4 is 0 Å².